The lowest BCUT2D eigenvalue weighted by atomic mass is 10.2. The van der Waals surface area contributed by atoms with Gasteiger partial charge in [-0.15, -0.1) is 0 Å². The largest absolute Gasteiger partial charge is 0.506 e. The molecule has 2 rings (SSSR count). The molecule has 116 valence electrons. The number of hydrogen-bond donors (Lipinski definition) is 3. The zero-order valence-corrected chi connectivity index (χ0v) is 12.6. The third-order valence-electron chi connectivity index (χ3n) is 2.92. The molecule has 0 bridgehead atoms. The topological polar surface area (TPSA) is 79.8 Å². The Morgan fingerprint density at radius 1 is 1.43 bits per heavy atom. The average molecular weight is 294 g/mol. The zero-order valence-electron chi connectivity index (χ0n) is 12.6. The number of phenols is 1. The molecule has 21 heavy (non-hydrogen) atoms. The normalized spacial score (nSPS) is 18.3. The molecule has 3 N–H and O–H groups in total. The van der Waals surface area contributed by atoms with Crippen LogP contribution in [0.4, 0.5) is 10.5 Å². The van der Waals surface area contributed by atoms with Crippen LogP contribution in [0.5, 0.6) is 11.5 Å². The number of benzene rings is 1. The number of carbonyl (C=O) groups is 1. The number of rotatable bonds is 3. The Morgan fingerprint density at radius 2 is 2.19 bits per heavy atom. The van der Waals surface area contributed by atoms with E-state index in [0.717, 1.165) is 19.5 Å². The van der Waals surface area contributed by atoms with Crippen LogP contribution in [0.2, 0.25) is 0 Å². The molecule has 0 aliphatic carbocycles. The summed E-state index contributed by atoms with van der Waals surface area (Å²) in [6.07, 6.45) is 0.441. The van der Waals surface area contributed by atoms with Gasteiger partial charge in [-0.05, 0) is 45.9 Å². The minimum absolute atomic E-state index is 0.0299. The molecule has 1 heterocycles. The van der Waals surface area contributed by atoms with Crippen LogP contribution >= 0.6 is 0 Å². The van der Waals surface area contributed by atoms with Crippen LogP contribution in [-0.4, -0.2) is 36.0 Å². The molecule has 1 fully saturated rings. The van der Waals surface area contributed by atoms with Crippen molar-refractivity contribution < 1.29 is 19.4 Å². The number of aromatic hydroxyl groups is 1. The molecule has 1 amide bonds. The van der Waals surface area contributed by atoms with Crippen molar-refractivity contribution in [2.75, 3.05) is 18.4 Å². The lowest BCUT2D eigenvalue weighted by Gasteiger charge is -2.20. The smallest absolute Gasteiger partial charge is 0.412 e. The van der Waals surface area contributed by atoms with Gasteiger partial charge >= 0.3 is 6.09 Å². The molecule has 0 spiro atoms. The summed E-state index contributed by atoms with van der Waals surface area (Å²) in [6.45, 7) is 7.07. The first-order valence-electron chi connectivity index (χ1n) is 7.04. The van der Waals surface area contributed by atoms with Gasteiger partial charge in [0.25, 0.3) is 0 Å². The Bertz CT molecular complexity index is 505. The Hall–Kier alpha value is -1.95. The maximum Gasteiger partial charge on any atom is 0.412 e. The number of carbonyl (C=O) groups excluding carboxylic acids is 1. The van der Waals surface area contributed by atoms with Gasteiger partial charge < -0.3 is 19.9 Å². The quantitative estimate of drug-likeness (QED) is 0.746. The molecular weight excluding hydrogens is 272 g/mol. The van der Waals surface area contributed by atoms with Crippen molar-refractivity contribution in [1.29, 1.82) is 0 Å². The van der Waals surface area contributed by atoms with Crippen LogP contribution in [0, 0.1) is 0 Å². The predicted molar refractivity (Wildman–Crippen MR) is 79.9 cm³/mol. The molecule has 1 aliphatic rings. The lowest BCUT2D eigenvalue weighted by molar-refractivity contribution is 0.0635. The minimum atomic E-state index is -0.613. The second-order valence-corrected chi connectivity index (χ2v) is 6.04. The van der Waals surface area contributed by atoms with Gasteiger partial charge in [-0.25, -0.2) is 4.79 Å². The summed E-state index contributed by atoms with van der Waals surface area (Å²) in [5.74, 6) is 0.574. The van der Waals surface area contributed by atoms with E-state index in [9.17, 15) is 9.90 Å². The number of anilines is 1. The lowest BCUT2D eigenvalue weighted by Crippen LogP contribution is -2.27. The van der Waals surface area contributed by atoms with Crippen molar-refractivity contribution >= 4 is 11.8 Å². The number of ether oxygens (including phenoxy) is 2. The monoisotopic (exact) mass is 294 g/mol. The first-order valence-corrected chi connectivity index (χ1v) is 7.04. The van der Waals surface area contributed by atoms with Gasteiger partial charge in [-0.1, -0.05) is 0 Å². The molecule has 1 atom stereocenters. The molecule has 0 saturated carbocycles. The highest BCUT2D eigenvalue weighted by Crippen LogP contribution is 2.29. The summed E-state index contributed by atoms with van der Waals surface area (Å²) in [5.41, 5.74) is -0.323. The summed E-state index contributed by atoms with van der Waals surface area (Å²) in [4.78, 5) is 11.7. The molecule has 6 nitrogen and oxygen atoms in total. The molecule has 1 saturated heterocycles. The van der Waals surface area contributed by atoms with Crippen molar-refractivity contribution in [1.82, 2.24) is 5.32 Å². The van der Waals surface area contributed by atoms with Gasteiger partial charge in [0.15, 0.2) is 0 Å². The number of nitrogens with one attached hydrogen (secondary N) is 2. The van der Waals surface area contributed by atoms with Gasteiger partial charge in [-0.2, -0.15) is 0 Å². The van der Waals surface area contributed by atoms with Gasteiger partial charge in [-0.3, -0.25) is 5.32 Å². The second-order valence-electron chi connectivity index (χ2n) is 6.04. The van der Waals surface area contributed by atoms with Crippen LogP contribution in [0.3, 0.4) is 0 Å². The second kappa shape index (κ2) is 6.22. The van der Waals surface area contributed by atoms with Crippen molar-refractivity contribution in [3.8, 4) is 11.5 Å². The van der Waals surface area contributed by atoms with E-state index in [-0.39, 0.29) is 17.5 Å². The van der Waals surface area contributed by atoms with Crippen LogP contribution in [0.15, 0.2) is 18.2 Å². The van der Waals surface area contributed by atoms with Gasteiger partial charge in [0.05, 0.1) is 5.69 Å². The van der Waals surface area contributed by atoms with Crippen molar-refractivity contribution in [2.24, 2.45) is 0 Å². The predicted octanol–water partition coefficient (Wildman–Crippen LogP) is 2.48. The van der Waals surface area contributed by atoms with Crippen molar-refractivity contribution in [3.63, 3.8) is 0 Å². The first-order chi connectivity index (χ1) is 9.83. The van der Waals surface area contributed by atoms with E-state index < -0.39 is 11.7 Å². The number of hydrogen-bond acceptors (Lipinski definition) is 5. The third-order valence-corrected chi connectivity index (χ3v) is 2.92. The van der Waals surface area contributed by atoms with Gasteiger partial charge in [0, 0.05) is 12.6 Å². The Morgan fingerprint density at radius 3 is 2.81 bits per heavy atom. The van der Waals surface area contributed by atoms with E-state index >= 15 is 0 Å². The molecule has 1 aromatic carbocycles. The zero-order chi connectivity index (χ0) is 15.5. The minimum Gasteiger partial charge on any atom is -0.506 e. The molecule has 1 aromatic rings. The Kier molecular flexibility index (Phi) is 4.57. The molecule has 1 unspecified atom stereocenters. The standard InChI is InChI=1S/C15H22N2O4/c1-15(2,3)21-14(19)17-12-8-10(4-5-13(12)18)20-11-6-7-16-9-11/h4-5,8,11,16,18H,6-7,9H2,1-3H3,(H,17,19). The summed E-state index contributed by atoms with van der Waals surface area (Å²) >= 11 is 0. The van der Waals surface area contributed by atoms with Crippen LogP contribution < -0.4 is 15.4 Å². The van der Waals surface area contributed by atoms with E-state index in [1.54, 1.807) is 32.9 Å². The third kappa shape index (κ3) is 4.82. The van der Waals surface area contributed by atoms with Gasteiger partial charge in [0.1, 0.15) is 23.2 Å². The maximum atomic E-state index is 11.7. The molecule has 0 aromatic heterocycles. The first kappa shape index (κ1) is 15.4. The summed E-state index contributed by atoms with van der Waals surface area (Å²) in [5, 5.41) is 15.5. The van der Waals surface area contributed by atoms with E-state index in [4.69, 9.17) is 9.47 Å². The average Bonchev–Trinajstić information content (AvgIpc) is 2.84. The highest BCUT2D eigenvalue weighted by molar-refractivity contribution is 5.87. The van der Waals surface area contributed by atoms with Crippen molar-refractivity contribution in [2.45, 2.75) is 38.9 Å². The molecular formula is C15H22N2O4. The maximum absolute atomic E-state index is 11.7. The Labute approximate surface area is 124 Å². The fourth-order valence-electron chi connectivity index (χ4n) is 2.02. The van der Waals surface area contributed by atoms with E-state index in [2.05, 4.69) is 10.6 Å². The fraction of sp³-hybridized carbons (Fsp3) is 0.533. The molecule has 6 heteroatoms. The van der Waals surface area contributed by atoms with E-state index in [0.29, 0.717) is 5.75 Å². The SMILES string of the molecule is CC(C)(C)OC(=O)Nc1cc(OC2CCNC2)ccc1O. The highest BCUT2D eigenvalue weighted by atomic mass is 16.6. The number of phenolic OH excluding ortho intramolecular Hbond substituents is 1. The summed E-state index contributed by atoms with van der Waals surface area (Å²) in [7, 11) is 0. The Balaban J connectivity index is 2.02. The highest BCUT2D eigenvalue weighted by Gasteiger charge is 2.19. The van der Waals surface area contributed by atoms with E-state index in [1.165, 1.54) is 6.07 Å². The van der Waals surface area contributed by atoms with E-state index in [1.807, 2.05) is 0 Å². The summed E-state index contributed by atoms with van der Waals surface area (Å²) in [6, 6.07) is 4.76. The summed E-state index contributed by atoms with van der Waals surface area (Å²) < 4.78 is 10.9. The molecule has 1 aliphatic heterocycles. The molecule has 0 radical (unpaired) electrons. The van der Waals surface area contributed by atoms with Crippen molar-refractivity contribution in [3.05, 3.63) is 18.2 Å². The fourth-order valence-corrected chi connectivity index (χ4v) is 2.02. The number of amides is 1. The van der Waals surface area contributed by atoms with Crippen LogP contribution in [-0.2, 0) is 4.74 Å². The van der Waals surface area contributed by atoms with Crippen LogP contribution in [0.1, 0.15) is 27.2 Å². The van der Waals surface area contributed by atoms with Gasteiger partial charge in [0.2, 0.25) is 0 Å². The van der Waals surface area contributed by atoms with Crippen LogP contribution in [0.25, 0.3) is 0 Å².